The summed E-state index contributed by atoms with van der Waals surface area (Å²) in [7, 11) is 0. The van der Waals surface area contributed by atoms with Crippen LogP contribution in [0.4, 0.5) is 0 Å². The van der Waals surface area contributed by atoms with E-state index in [0.29, 0.717) is 6.54 Å². The molecule has 0 spiro atoms. The molecule has 0 atom stereocenters. The van der Waals surface area contributed by atoms with Crippen molar-refractivity contribution in [1.82, 2.24) is 4.98 Å². The average Bonchev–Trinajstić information content (AvgIpc) is 2.03. The molecule has 0 saturated heterocycles. The van der Waals surface area contributed by atoms with Gasteiger partial charge in [0.25, 0.3) is 0 Å². The summed E-state index contributed by atoms with van der Waals surface area (Å²) < 4.78 is 0. The van der Waals surface area contributed by atoms with Crippen molar-refractivity contribution in [3.8, 4) is 0 Å². The molecule has 0 bridgehead atoms. The van der Waals surface area contributed by atoms with Gasteiger partial charge in [-0.3, -0.25) is 4.98 Å². The average molecular weight is 237 g/mol. The number of hydrogen-bond acceptors (Lipinski definition) is 2. The summed E-state index contributed by atoms with van der Waals surface area (Å²) in [5.74, 6) is 0. The Balaban J connectivity index is 0. The first-order valence-corrected chi connectivity index (χ1v) is 4.19. The smallest absolute Gasteiger partial charge is 0.0542 e. The van der Waals surface area contributed by atoms with Crippen molar-refractivity contribution in [3.63, 3.8) is 0 Å². The van der Waals surface area contributed by atoms with Gasteiger partial charge in [0.1, 0.15) is 0 Å². The van der Waals surface area contributed by atoms with Crippen LogP contribution in [0.2, 0.25) is 0 Å². The van der Waals surface area contributed by atoms with Gasteiger partial charge in [-0.25, -0.2) is 0 Å². The van der Waals surface area contributed by atoms with Crippen molar-refractivity contribution in [2.45, 2.75) is 32.7 Å². The lowest BCUT2D eigenvalue weighted by Crippen LogP contribution is -2.12. The van der Waals surface area contributed by atoms with Crippen molar-refractivity contribution in [3.05, 3.63) is 29.6 Å². The zero-order valence-electron chi connectivity index (χ0n) is 8.78. The summed E-state index contributed by atoms with van der Waals surface area (Å²) in [6.07, 6.45) is 1.82. The lowest BCUT2D eigenvalue weighted by molar-refractivity contribution is 0.588. The Morgan fingerprint density at radius 3 is 2.29 bits per heavy atom. The molecule has 4 heteroatoms. The predicted molar refractivity (Wildman–Crippen MR) is 65.3 cm³/mol. The number of nitrogens with zero attached hydrogens (tertiary/aromatic N) is 1. The zero-order valence-corrected chi connectivity index (χ0v) is 10.4. The van der Waals surface area contributed by atoms with E-state index in [2.05, 4.69) is 31.8 Å². The zero-order chi connectivity index (χ0) is 9.19. The number of rotatable bonds is 1. The van der Waals surface area contributed by atoms with Crippen LogP contribution in [-0.4, -0.2) is 4.98 Å². The number of pyridine rings is 1. The van der Waals surface area contributed by atoms with Crippen LogP contribution in [0.1, 0.15) is 32.0 Å². The maximum Gasteiger partial charge on any atom is 0.0542 e. The van der Waals surface area contributed by atoms with Gasteiger partial charge < -0.3 is 5.73 Å². The van der Waals surface area contributed by atoms with Crippen molar-refractivity contribution in [2.75, 3.05) is 0 Å². The van der Waals surface area contributed by atoms with Gasteiger partial charge in [-0.1, -0.05) is 20.8 Å². The summed E-state index contributed by atoms with van der Waals surface area (Å²) in [4.78, 5) is 4.15. The highest BCUT2D eigenvalue weighted by Gasteiger charge is 2.13. The highest BCUT2D eigenvalue weighted by Crippen LogP contribution is 2.21. The van der Waals surface area contributed by atoms with Gasteiger partial charge in [-0.2, -0.15) is 0 Å². The Labute approximate surface area is 98.1 Å². The third-order valence-corrected chi connectivity index (χ3v) is 1.89. The summed E-state index contributed by atoms with van der Waals surface area (Å²) in [5.41, 5.74) is 7.94. The normalized spacial score (nSPS) is 10.0. The van der Waals surface area contributed by atoms with Crippen LogP contribution in [0, 0.1) is 0 Å². The summed E-state index contributed by atoms with van der Waals surface area (Å²) >= 11 is 0. The van der Waals surface area contributed by atoms with Crippen LogP contribution in [0.15, 0.2) is 18.3 Å². The number of nitrogens with two attached hydrogens (primary N) is 1. The van der Waals surface area contributed by atoms with Gasteiger partial charge in [0, 0.05) is 12.7 Å². The van der Waals surface area contributed by atoms with Gasteiger partial charge in [-0.05, 0) is 23.1 Å². The second-order valence-electron chi connectivity index (χ2n) is 3.99. The quantitative estimate of drug-likeness (QED) is 0.815. The first-order chi connectivity index (χ1) is 5.54. The molecule has 0 fully saturated rings. The number of halogens is 2. The Morgan fingerprint density at radius 2 is 1.86 bits per heavy atom. The monoisotopic (exact) mass is 236 g/mol. The molecule has 0 aliphatic rings. The molecule has 0 aliphatic heterocycles. The van der Waals surface area contributed by atoms with E-state index in [-0.39, 0.29) is 30.2 Å². The minimum absolute atomic E-state index is 0. The van der Waals surface area contributed by atoms with Gasteiger partial charge in [0.15, 0.2) is 0 Å². The minimum atomic E-state index is 0. The van der Waals surface area contributed by atoms with Crippen LogP contribution < -0.4 is 5.73 Å². The van der Waals surface area contributed by atoms with Crippen LogP contribution >= 0.6 is 24.8 Å². The molecule has 0 unspecified atom stereocenters. The standard InChI is InChI=1S/C10H16N2.2ClH/c1-10(2,3)8-4-5-12-9(6-8)7-11;;/h4-6H,7,11H2,1-3H3;2*1H. The molecule has 0 radical (unpaired) electrons. The van der Waals surface area contributed by atoms with E-state index in [1.54, 1.807) is 0 Å². The molecule has 1 rings (SSSR count). The van der Waals surface area contributed by atoms with Crippen molar-refractivity contribution in [1.29, 1.82) is 0 Å². The fourth-order valence-corrected chi connectivity index (χ4v) is 1.06. The largest absolute Gasteiger partial charge is 0.325 e. The molecular formula is C10H18Cl2N2. The maximum absolute atomic E-state index is 5.50. The lowest BCUT2D eigenvalue weighted by Gasteiger charge is -2.18. The van der Waals surface area contributed by atoms with E-state index in [0.717, 1.165) is 5.69 Å². The Hall–Kier alpha value is -0.310. The molecule has 1 aromatic heterocycles. The van der Waals surface area contributed by atoms with Crippen molar-refractivity contribution in [2.24, 2.45) is 5.73 Å². The second-order valence-corrected chi connectivity index (χ2v) is 3.99. The van der Waals surface area contributed by atoms with E-state index in [1.807, 2.05) is 12.3 Å². The first kappa shape index (κ1) is 16.1. The summed E-state index contributed by atoms with van der Waals surface area (Å²) in [5, 5.41) is 0. The van der Waals surface area contributed by atoms with E-state index < -0.39 is 0 Å². The highest BCUT2D eigenvalue weighted by molar-refractivity contribution is 5.85. The maximum atomic E-state index is 5.50. The molecule has 0 amide bonds. The lowest BCUT2D eigenvalue weighted by atomic mass is 9.87. The molecule has 0 saturated carbocycles. The van der Waals surface area contributed by atoms with Crippen LogP contribution in [0.25, 0.3) is 0 Å². The fraction of sp³-hybridized carbons (Fsp3) is 0.500. The molecule has 2 nitrogen and oxygen atoms in total. The van der Waals surface area contributed by atoms with Gasteiger partial charge >= 0.3 is 0 Å². The van der Waals surface area contributed by atoms with Crippen LogP contribution in [0.3, 0.4) is 0 Å². The Morgan fingerprint density at radius 1 is 1.29 bits per heavy atom. The third-order valence-electron chi connectivity index (χ3n) is 1.89. The van der Waals surface area contributed by atoms with E-state index in [1.165, 1.54) is 5.56 Å². The molecule has 0 aliphatic carbocycles. The number of hydrogen-bond donors (Lipinski definition) is 1. The van der Waals surface area contributed by atoms with Gasteiger partial charge in [0.05, 0.1) is 5.69 Å². The molecule has 1 heterocycles. The fourth-order valence-electron chi connectivity index (χ4n) is 1.06. The molecule has 0 aromatic carbocycles. The predicted octanol–water partition coefficient (Wildman–Crippen LogP) is 2.68. The molecule has 1 aromatic rings. The molecule has 14 heavy (non-hydrogen) atoms. The second kappa shape index (κ2) is 6.23. The van der Waals surface area contributed by atoms with Crippen molar-refractivity contribution < 1.29 is 0 Å². The van der Waals surface area contributed by atoms with E-state index >= 15 is 0 Å². The SMILES string of the molecule is CC(C)(C)c1ccnc(CN)c1.Cl.Cl. The summed E-state index contributed by atoms with van der Waals surface area (Å²) in [6, 6.07) is 4.11. The molecular weight excluding hydrogens is 219 g/mol. The first-order valence-electron chi connectivity index (χ1n) is 4.19. The van der Waals surface area contributed by atoms with Crippen LogP contribution in [0.5, 0.6) is 0 Å². The van der Waals surface area contributed by atoms with Crippen molar-refractivity contribution >= 4 is 24.8 Å². The minimum Gasteiger partial charge on any atom is -0.325 e. The summed E-state index contributed by atoms with van der Waals surface area (Å²) in [6.45, 7) is 7.07. The topological polar surface area (TPSA) is 38.9 Å². The number of aromatic nitrogens is 1. The van der Waals surface area contributed by atoms with Crippen LogP contribution in [-0.2, 0) is 12.0 Å². The Kier molecular flexibility index (Phi) is 7.17. The Bertz CT molecular complexity index is 269. The van der Waals surface area contributed by atoms with Gasteiger partial charge in [0.2, 0.25) is 0 Å². The van der Waals surface area contributed by atoms with E-state index in [9.17, 15) is 0 Å². The van der Waals surface area contributed by atoms with Gasteiger partial charge in [-0.15, -0.1) is 24.8 Å². The molecule has 2 N–H and O–H groups in total. The molecule has 82 valence electrons. The van der Waals surface area contributed by atoms with E-state index in [4.69, 9.17) is 5.73 Å². The highest BCUT2D eigenvalue weighted by atomic mass is 35.5. The third kappa shape index (κ3) is 4.27.